The molecule has 9 nitrogen and oxygen atoms in total. The van der Waals surface area contributed by atoms with Crippen molar-refractivity contribution in [1.82, 2.24) is 19.4 Å². The van der Waals surface area contributed by atoms with E-state index in [2.05, 4.69) is 10.3 Å². The molecule has 0 fully saturated rings. The van der Waals surface area contributed by atoms with Crippen LogP contribution in [-0.4, -0.2) is 48.5 Å². The van der Waals surface area contributed by atoms with E-state index < -0.39 is 5.97 Å². The Morgan fingerprint density at radius 2 is 1.76 bits per heavy atom. The molecule has 11 heteroatoms. The Balaban J connectivity index is 1.52. The fraction of sp³-hybridized carbons (Fsp3) is 0.233. The lowest BCUT2D eigenvalue weighted by Crippen LogP contribution is -2.46. The lowest BCUT2D eigenvalue weighted by molar-refractivity contribution is 0.0651. The van der Waals surface area contributed by atoms with E-state index in [-0.39, 0.29) is 35.8 Å². The third-order valence-corrected chi connectivity index (χ3v) is 7.64. The Labute approximate surface area is 246 Å². The van der Waals surface area contributed by atoms with Crippen molar-refractivity contribution in [3.05, 3.63) is 104 Å². The lowest BCUT2D eigenvalue weighted by Gasteiger charge is -2.34. The normalized spacial score (nSPS) is 14.6. The van der Waals surface area contributed by atoms with E-state index in [1.165, 1.54) is 12.3 Å². The second-order valence-corrected chi connectivity index (χ2v) is 11.0. The summed E-state index contributed by atoms with van der Waals surface area (Å²) in [6, 6.07) is 15.0. The van der Waals surface area contributed by atoms with Crippen LogP contribution in [0.15, 0.2) is 65.6 Å². The standard InChI is InChI=1S/C30H27Cl2N5O4/c1-16(2)34-30-35-26-15-36(27(38)20-6-9-23(31)24(32)13-20)17(3)12-22(26)28(39)37(30)21-7-4-18(5-8-21)19-10-11-33-25(14-19)29(40)41/h4-11,13-14,16-17H,12,15H2,1-3H3,(H,34,35)(H,40,41)/t17-/m1/s1. The summed E-state index contributed by atoms with van der Waals surface area (Å²) in [6.45, 7) is 5.97. The number of aromatic carboxylic acids is 1. The van der Waals surface area contributed by atoms with Crippen molar-refractivity contribution in [3.63, 3.8) is 0 Å². The molecule has 0 radical (unpaired) electrons. The summed E-state index contributed by atoms with van der Waals surface area (Å²) in [6.07, 6.45) is 1.79. The van der Waals surface area contributed by atoms with Crippen LogP contribution in [0.3, 0.4) is 0 Å². The number of benzene rings is 2. The van der Waals surface area contributed by atoms with Gasteiger partial charge in [-0.1, -0.05) is 35.3 Å². The van der Waals surface area contributed by atoms with Crippen molar-refractivity contribution < 1.29 is 14.7 Å². The van der Waals surface area contributed by atoms with Crippen molar-refractivity contribution in [1.29, 1.82) is 0 Å². The zero-order valence-corrected chi connectivity index (χ0v) is 24.1. The summed E-state index contributed by atoms with van der Waals surface area (Å²) < 4.78 is 1.54. The van der Waals surface area contributed by atoms with Crippen LogP contribution < -0.4 is 10.9 Å². The van der Waals surface area contributed by atoms with Gasteiger partial charge in [0.2, 0.25) is 5.95 Å². The fourth-order valence-corrected chi connectivity index (χ4v) is 5.15. The maximum atomic E-state index is 13.9. The lowest BCUT2D eigenvalue weighted by atomic mass is 9.98. The van der Waals surface area contributed by atoms with Gasteiger partial charge in [0.15, 0.2) is 0 Å². The van der Waals surface area contributed by atoms with Crippen LogP contribution in [-0.2, 0) is 13.0 Å². The van der Waals surface area contributed by atoms with Gasteiger partial charge in [-0.2, -0.15) is 0 Å². The zero-order chi connectivity index (χ0) is 29.4. The molecular weight excluding hydrogens is 565 g/mol. The number of carbonyl (C=O) groups excluding carboxylic acids is 1. The van der Waals surface area contributed by atoms with Crippen LogP contribution >= 0.6 is 23.2 Å². The van der Waals surface area contributed by atoms with E-state index in [4.69, 9.17) is 28.2 Å². The molecule has 3 heterocycles. The second kappa shape index (κ2) is 11.3. The summed E-state index contributed by atoms with van der Waals surface area (Å²) in [4.78, 5) is 49.1. The van der Waals surface area contributed by atoms with Gasteiger partial charge in [0.25, 0.3) is 11.5 Å². The summed E-state index contributed by atoms with van der Waals surface area (Å²) in [5.41, 5.74) is 3.31. The SMILES string of the molecule is CC(C)Nc1nc2c(c(=O)n1-c1ccc(-c3ccnc(C(=O)O)c3)cc1)C[C@@H](C)N(C(=O)c1ccc(Cl)c(Cl)c1)C2. The smallest absolute Gasteiger partial charge is 0.354 e. The van der Waals surface area contributed by atoms with E-state index >= 15 is 0 Å². The van der Waals surface area contributed by atoms with Crippen LogP contribution in [0.2, 0.25) is 10.0 Å². The molecule has 0 saturated heterocycles. The molecule has 0 spiro atoms. The number of halogens is 2. The van der Waals surface area contributed by atoms with Gasteiger partial charge in [-0.05, 0) is 80.8 Å². The van der Waals surface area contributed by atoms with Crippen LogP contribution in [0.1, 0.15) is 52.9 Å². The number of carbonyl (C=O) groups is 2. The Bertz CT molecular complexity index is 1720. The molecule has 2 N–H and O–H groups in total. The van der Waals surface area contributed by atoms with Crippen LogP contribution in [0.25, 0.3) is 16.8 Å². The number of nitrogens with zero attached hydrogens (tertiary/aromatic N) is 4. The highest BCUT2D eigenvalue weighted by molar-refractivity contribution is 6.42. The molecule has 41 heavy (non-hydrogen) atoms. The third-order valence-electron chi connectivity index (χ3n) is 6.90. The quantitative estimate of drug-likeness (QED) is 0.295. The molecule has 0 bridgehead atoms. The summed E-state index contributed by atoms with van der Waals surface area (Å²) in [5.74, 6) is -0.958. The molecule has 2 aromatic heterocycles. The Hall–Kier alpha value is -4.21. The van der Waals surface area contributed by atoms with E-state index in [9.17, 15) is 19.5 Å². The first-order valence-electron chi connectivity index (χ1n) is 13.0. The average molecular weight is 592 g/mol. The number of pyridine rings is 1. The summed E-state index contributed by atoms with van der Waals surface area (Å²) in [7, 11) is 0. The molecule has 1 aliphatic rings. The maximum absolute atomic E-state index is 13.9. The highest BCUT2D eigenvalue weighted by Crippen LogP contribution is 2.28. The molecule has 1 atom stereocenters. The number of hydrogen-bond acceptors (Lipinski definition) is 6. The first-order chi connectivity index (χ1) is 19.5. The van der Waals surface area contributed by atoms with Crippen LogP contribution in [0.4, 0.5) is 5.95 Å². The van der Waals surface area contributed by atoms with Crippen molar-refractivity contribution >= 4 is 41.0 Å². The monoisotopic (exact) mass is 591 g/mol. The Kier molecular flexibility index (Phi) is 7.84. The number of carboxylic acids is 1. The van der Waals surface area contributed by atoms with Crippen LogP contribution in [0.5, 0.6) is 0 Å². The van der Waals surface area contributed by atoms with Gasteiger partial charge in [-0.15, -0.1) is 0 Å². The fourth-order valence-electron chi connectivity index (χ4n) is 4.85. The first kappa shape index (κ1) is 28.3. The van der Waals surface area contributed by atoms with Gasteiger partial charge in [-0.3, -0.25) is 9.59 Å². The number of hydrogen-bond donors (Lipinski definition) is 2. The molecule has 1 aliphatic heterocycles. The molecule has 210 valence electrons. The summed E-state index contributed by atoms with van der Waals surface area (Å²) >= 11 is 12.2. The van der Waals surface area contributed by atoms with E-state index in [0.717, 1.165) is 5.56 Å². The number of carboxylic acid groups (broad SMARTS) is 1. The Morgan fingerprint density at radius 3 is 2.41 bits per heavy atom. The molecule has 4 aromatic rings. The number of nitrogens with one attached hydrogen (secondary N) is 1. The van der Waals surface area contributed by atoms with E-state index in [1.54, 1.807) is 45.9 Å². The van der Waals surface area contributed by atoms with Crippen LogP contribution in [0, 0.1) is 0 Å². The number of amides is 1. The number of aromatic nitrogens is 3. The minimum Gasteiger partial charge on any atom is -0.477 e. The first-order valence-corrected chi connectivity index (χ1v) is 13.8. The maximum Gasteiger partial charge on any atom is 0.354 e. The van der Waals surface area contributed by atoms with Gasteiger partial charge in [0.05, 0.1) is 28.0 Å². The van der Waals surface area contributed by atoms with Gasteiger partial charge in [-0.25, -0.2) is 19.3 Å². The van der Waals surface area contributed by atoms with Crippen molar-refractivity contribution in [2.75, 3.05) is 5.32 Å². The molecule has 2 aromatic carbocycles. The third kappa shape index (κ3) is 5.68. The number of rotatable bonds is 6. The number of fused-ring (bicyclic) bond motifs is 1. The second-order valence-electron chi connectivity index (χ2n) is 10.2. The topological polar surface area (TPSA) is 117 Å². The van der Waals surface area contributed by atoms with Crippen molar-refractivity contribution in [2.45, 2.75) is 45.8 Å². The molecule has 0 unspecified atom stereocenters. The van der Waals surface area contributed by atoms with Crippen molar-refractivity contribution in [3.8, 4) is 16.8 Å². The predicted octanol–water partition coefficient (Wildman–Crippen LogP) is 5.71. The molecule has 0 saturated carbocycles. The zero-order valence-electron chi connectivity index (χ0n) is 22.6. The minimum atomic E-state index is -1.11. The summed E-state index contributed by atoms with van der Waals surface area (Å²) in [5, 5.41) is 13.2. The number of anilines is 1. The van der Waals surface area contributed by atoms with Gasteiger partial charge >= 0.3 is 5.97 Å². The highest BCUT2D eigenvalue weighted by atomic mass is 35.5. The highest BCUT2D eigenvalue weighted by Gasteiger charge is 2.32. The largest absolute Gasteiger partial charge is 0.477 e. The average Bonchev–Trinajstić information content (AvgIpc) is 2.94. The molecule has 1 amide bonds. The Morgan fingerprint density at radius 1 is 1.02 bits per heavy atom. The minimum absolute atomic E-state index is 0.0202. The van der Waals surface area contributed by atoms with Gasteiger partial charge in [0, 0.05) is 29.4 Å². The van der Waals surface area contributed by atoms with E-state index in [0.29, 0.717) is 50.5 Å². The molecule has 0 aliphatic carbocycles. The molecule has 5 rings (SSSR count). The van der Waals surface area contributed by atoms with Crippen molar-refractivity contribution in [2.24, 2.45) is 0 Å². The van der Waals surface area contributed by atoms with E-state index in [1.807, 2.05) is 32.9 Å². The predicted molar refractivity (Wildman–Crippen MR) is 158 cm³/mol. The molecular formula is C30H27Cl2N5O4. The van der Waals surface area contributed by atoms with Gasteiger partial charge in [0.1, 0.15) is 5.69 Å². The van der Waals surface area contributed by atoms with Gasteiger partial charge < -0.3 is 15.3 Å².